The summed E-state index contributed by atoms with van der Waals surface area (Å²) in [6, 6.07) is 13.3. The van der Waals surface area contributed by atoms with Gasteiger partial charge in [-0.1, -0.05) is 48.9 Å². The van der Waals surface area contributed by atoms with Gasteiger partial charge in [0, 0.05) is 29.9 Å². The molecule has 3 unspecified atom stereocenters. The molecule has 2 bridgehead atoms. The Labute approximate surface area is 274 Å². The summed E-state index contributed by atoms with van der Waals surface area (Å²) in [5.41, 5.74) is -0.973. The molecule has 2 aliphatic carbocycles. The van der Waals surface area contributed by atoms with E-state index in [9.17, 15) is 36.3 Å². The monoisotopic (exact) mass is 697 g/mol. The van der Waals surface area contributed by atoms with Crippen LogP contribution in [0.5, 0.6) is 0 Å². The van der Waals surface area contributed by atoms with Gasteiger partial charge in [-0.05, 0) is 79.0 Å². The minimum atomic E-state index is -4.13. The van der Waals surface area contributed by atoms with E-state index in [0.717, 1.165) is 11.6 Å². The molecule has 0 aromatic heterocycles. The van der Waals surface area contributed by atoms with Crippen LogP contribution in [0.3, 0.4) is 0 Å². The minimum Gasteiger partial charge on any atom is -0.387 e. The van der Waals surface area contributed by atoms with Crippen LogP contribution in [0.2, 0.25) is 5.02 Å². The lowest BCUT2D eigenvalue weighted by Gasteiger charge is -2.43. The van der Waals surface area contributed by atoms with Gasteiger partial charge in [-0.3, -0.25) is 9.59 Å². The van der Waals surface area contributed by atoms with Gasteiger partial charge in [-0.15, -0.1) is 0 Å². The number of anilines is 1. The Morgan fingerprint density at radius 1 is 1.02 bits per heavy atom. The molecule has 8 nitrogen and oxygen atoms in total. The van der Waals surface area contributed by atoms with E-state index in [4.69, 9.17) is 23.4 Å². The maximum absolute atomic E-state index is 13.9. The zero-order valence-corrected chi connectivity index (χ0v) is 26.9. The Hall–Kier alpha value is -3.16. The molecule has 6 atom stereocenters. The molecule has 0 heterocycles. The van der Waals surface area contributed by atoms with Gasteiger partial charge in [-0.25, -0.2) is 26.4 Å². The number of hydrogen-bond donors (Lipinski definition) is 4. The Morgan fingerprint density at radius 3 is 2.33 bits per heavy atom. The van der Waals surface area contributed by atoms with Crippen LogP contribution in [0.4, 0.5) is 18.9 Å². The predicted molar refractivity (Wildman–Crippen MR) is 168 cm³/mol. The van der Waals surface area contributed by atoms with Gasteiger partial charge < -0.3 is 15.7 Å². The van der Waals surface area contributed by atoms with E-state index in [0.29, 0.717) is 25.0 Å². The second-order valence-electron chi connectivity index (χ2n) is 12.1. The second kappa shape index (κ2) is 13.5. The number of sulfone groups is 1. The number of nitrogens with one attached hydrogen (secondary N) is 3. The van der Waals surface area contributed by atoms with Crippen LogP contribution in [0.1, 0.15) is 42.1 Å². The summed E-state index contributed by atoms with van der Waals surface area (Å²) in [5, 5.41) is 15.8. The van der Waals surface area contributed by atoms with Gasteiger partial charge in [0.1, 0.15) is 6.04 Å². The molecule has 46 heavy (non-hydrogen) atoms. The van der Waals surface area contributed by atoms with Gasteiger partial charge in [-0.2, -0.15) is 0 Å². The van der Waals surface area contributed by atoms with E-state index in [1.807, 2.05) is 37.3 Å². The van der Waals surface area contributed by atoms with Crippen molar-refractivity contribution in [3.05, 3.63) is 94.3 Å². The van der Waals surface area contributed by atoms with Crippen molar-refractivity contribution >= 4 is 50.7 Å². The summed E-state index contributed by atoms with van der Waals surface area (Å²) in [6.07, 6.45) is 1.06. The molecular weight excluding hydrogens is 666 g/mol. The number of carbonyl (C=O) groups is 2. The standard InChI is InChI=1S/C32H32Cl2F3N3O5S/c1-17-9-20-12-22(15-23(17)32(20,43)16-38-31(42)27(40-34)10-18-5-3-2-4-6-18)46(44,45)28-11-19(7-8-24(28)33)30(41)39-21-13-25(35)29(37)26(36)14-21/h2-8,11,13-14,17,20,22-23,27,40,43H,9-10,12,15-16H2,1H3,(H,38,42)(H,39,41)/t17-,20?,22?,23?,27-,32+/m0/s1. The number of amides is 2. The second-order valence-corrected chi connectivity index (χ2v) is 14.9. The molecule has 2 amide bonds. The lowest BCUT2D eigenvalue weighted by atomic mass is 9.73. The van der Waals surface area contributed by atoms with E-state index < -0.39 is 67.8 Å². The summed E-state index contributed by atoms with van der Waals surface area (Å²) in [7, 11) is -4.13. The largest absolute Gasteiger partial charge is 0.387 e. The number of rotatable bonds is 10. The molecule has 3 aromatic rings. The fourth-order valence-electron chi connectivity index (χ4n) is 6.83. The number of halogens is 5. The number of aliphatic hydroxyl groups is 1. The normalized spacial score (nSPS) is 24.8. The van der Waals surface area contributed by atoms with Crippen LogP contribution < -0.4 is 15.5 Å². The third-order valence-electron chi connectivity index (χ3n) is 9.21. The summed E-state index contributed by atoms with van der Waals surface area (Å²) in [6.45, 7) is 1.85. The van der Waals surface area contributed by atoms with Crippen LogP contribution in [0, 0.1) is 35.2 Å². The summed E-state index contributed by atoms with van der Waals surface area (Å²) in [5.74, 6) is -6.94. The number of benzene rings is 3. The Morgan fingerprint density at radius 2 is 1.70 bits per heavy atom. The summed E-state index contributed by atoms with van der Waals surface area (Å²) in [4.78, 5) is 28.1. The topological polar surface area (TPSA) is 125 Å². The van der Waals surface area contributed by atoms with Crippen LogP contribution in [-0.4, -0.2) is 48.8 Å². The molecule has 14 heteroatoms. The van der Waals surface area contributed by atoms with Crippen molar-refractivity contribution in [2.24, 2.45) is 17.8 Å². The van der Waals surface area contributed by atoms with Crippen molar-refractivity contribution in [1.29, 1.82) is 0 Å². The first-order valence-corrected chi connectivity index (χ1v) is 16.9. The molecule has 2 saturated carbocycles. The molecule has 0 radical (unpaired) electrons. The van der Waals surface area contributed by atoms with Gasteiger partial charge in [0.25, 0.3) is 5.91 Å². The van der Waals surface area contributed by atoms with Crippen LogP contribution in [0.25, 0.3) is 0 Å². The third-order valence-corrected chi connectivity index (χ3v) is 12.1. The molecule has 4 N–H and O–H groups in total. The highest BCUT2D eigenvalue weighted by Crippen LogP contribution is 2.54. The average Bonchev–Trinajstić information content (AvgIpc) is 3.13. The Balaban J connectivity index is 1.30. The van der Waals surface area contributed by atoms with E-state index in [1.54, 1.807) is 0 Å². The highest BCUT2D eigenvalue weighted by atomic mass is 35.5. The maximum Gasteiger partial charge on any atom is 0.255 e. The van der Waals surface area contributed by atoms with Gasteiger partial charge in [0.2, 0.25) is 5.91 Å². The van der Waals surface area contributed by atoms with E-state index in [1.165, 1.54) is 12.1 Å². The molecule has 0 saturated heterocycles. The summed E-state index contributed by atoms with van der Waals surface area (Å²) >= 11 is 12.2. The minimum absolute atomic E-state index is 0.0394. The molecule has 0 spiro atoms. The smallest absolute Gasteiger partial charge is 0.255 e. The lowest BCUT2D eigenvalue weighted by Crippen LogP contribution is -2.57. The lowest BCUT2D eigenvalue weighted by molar-refractivity contribution is -0.126. The third kappa shape index (κ3) is 6.77. The molecule has 2 fully saturated rings. The zero-order valence-electron chi connectivity index (χ0n) is 24.6. The highest BCUT2D eigenvalue weighted by Gasteiger charge is 2.58. The van der Waals surface area contributed by atoms with Gasteiger partial charge >= 0.3 is 0 Å². The highest BCUT2D eigenvalue weighted by molar-refractivity contribution is 7.92. The number of hydrogen-bond acceptors (Lipinski definition) is 6. The van der Waals surface area contributed by atoms with Crippen molar-refractivity contribution in [2.45, 2.75) is 54.4 Å². The van der Waals surface area contributed by atoms with Crippen LogP contribution in [0.15, 0.2) is 65.6 Å². The number of carbonyl (C=O) groups excluding carboxylic acids is 2. The molecule has 0 aliphatic heterocycles. The first-order chi connectivity index (χ1) is 21.7. The maximum atomic E-state index is 13.9. The van der Waals surface area contributed by atoms with Crippen molar-refractivity contribution in [1.82, 2.24) is 10.2 Å². The fourth-order valence-corrected chi connectivity index (χ4v) is 9.38. The van der Waals surface area contributed by atoms with Crippen molar-refractivity contribution < 1.29 is 36.3 Å². The Kier molecular flexibility index (Phi) is 10.0. The van der Waals surface area contributed by atoms with Crippen LogP contribution in [-0.2, 0) is 21.1 Å². The van der Waals surface area contributed by atoms with E-state index >= 15 is 0 Å². The van der Waals surface area contributed by atoms with Crippen LogP contribution >= 0.6 is 23.4 Å². The average molecular weight is 699 g/mol. The Bertz CT molecular complexity index is 1730. The molecular formula is C32H32Cl2F3N3O5S. The van der Waals surface area contributed by atoms with Crippen molar-refractivity contribution in [3.8, 4) is 0 Å². The quantitative estimate of drug-likeness (QED) is 0.166. The van der Waals surface area contributed by atoms with Gasteiger partial charge in [0.05, 0.1) is 20.8 Å². The number of fused-ring (bicyclic) bond motifs is 2. The zero-order chi connectivity index (χ0) is 33.4. The molecule has 2 aliphatic rings. The molecule has 3 aromatic carbocycles. The predicted octanol–water partition coefficient (Wildman–Crippen LogP) is 5.42. The van der Waals surface area contributed by atoms with Gasteiger partial charge in [0.15, 0.2) is 27.3 Å². The van der Waals surface area contributed by atoms with E-state index in [2.05, 4.69) is 15.5 Å². The SMILES string of the molecule is C[C@H]1CC2CC(S(=O)(=O)c3cc(C(=O)Nc4cc(F)c(F)c(F)c4)ccc3Cl)CC1[C@@]2(O)CNC(=O)[C@H](Cc1ccccc1)NCl. The van der Waals surface area contributed by atoms with Crippen molar-refractivity contribution in [3.63, 3.8) is 0 Å². The molecule has 5 rings (SSSR count). The first-order valence-electron chi connectivity index (χ1n) is 14.6. The van der Waals surface area contributed by atoms with Crippen molar-refractivity contribution in [2.75, 3.05) is 11.9 Å². The van der Waals surface area contributed by atoms with E-state index in [-0.39, 0.29) is 46.5 Å². The summed E-state index contributed by atoms with van der Waals surface area (Å²) < 4.78 is 68.5. The molecule has 246 valence electrons. The first kappa shape index (κ1) is 34.2. The fraction of sp³-hybridized carbons (Fsp3) is 0.375.